The number of carboxylic acid groups (broad SMARTS) is 1. The van der Waals surface area contributed by atoms with Crippen molar-refractivity contribution in [3.63, 3.8) is 0 Å². The van der Waals surface area contributed by atoms with Crippen molar-refractivity contribution >= 4 is 5.97 Å². The molecule has 1 unspecified atom stereocenters. The molecular weight excluding hydrogens is 216 g/mol. The van der Waals surface area contributed by atoms with Gasteiger partial charge in [-0.2, -0.15) is 0 Å². The van der Waals surface area contributed by atoms with Gasteiger partial charge >= 0.3 is 5.97 Å². The molecule has 2 N–H and O–H groups in total. The first-order valence-corrected chi connectivity index (χ1v) is 6.84. The van der Waals surface area contributed by atoms with Crippen molar-refractivity contribution in [1.29, 1.82) is 0 Å². The summed E-state index contributed by atoms with van der Waals surface area (Å²) in [5.41, 5.74) is -0.719. The van der Waals surface area contributed by atoms with Crippen LogP contribution in [-0.2, 0) is 4.79 Å². The number of rotatable bonds is 5. The highest BCUT2D eigenvalue weighted by Gasteiger charge is 2.42. The van der Waals surface area contributed by atoms with Crippen LogP contribution in [0.15, 0.2) is 0 Å². The molecule has 0 aliphatic carbocycles. The fourth-order valence-electron chi connectivity index (χ4n) is 3.30. The van der Waals surface area contributed by atoms with Crippen molar-refractivity contribution in [3.8, 4) is 0 Å². The maximum atomic E-state index is 11.5. The average Bonchev–Trinajstić information content (AvgIpc) is 2.37. The number of nitrogens with zero attached hydrogens (tertiary/aromatic N) is 1. The number of hydrogen-bond acceptors (Lipinski definition) is 3. The molecule has 3 rings (SSSR count). The van der Waals surface area contributed by atoms with Gasteiger partial charge in [0.1, 0.15) is 5.54 Å². The summed E-state index contributed by atoms with van der Waals surface area (Å²) in [6.07, 6.45) is 3.76. The van der Waals surface area contributed by atoms with E-state index < -0.39 is 11.5 Å². The normalized spacial score (nSPS) is 32.7. The van der Waals surface area contributed by atoms with Gasteiger partial charge in [-0.05, 0) is 44.7 Å². The summed E-state index contributed by atoms with van der Waals surface area (Å²) in [5, 5.41) is 12.9. The van der Waals surface area contributed by atoms with Crippen LogP contribution in [0, 0.1) is 5.92 Å². The van der Waals surface area contributed by atoms with Gasteiger partial charge in [-0.3, -0.25) is 10.1 Å². The summed E-state index contributed by atoms with van der Waals surface area (Å²) in [6, 6.07) is 0.369. The third-order valence-electron chi connectivity index (χ3n) is 4.73. The molecule has 0 aromatic heterocycles. The van der Waals surface area contributed by atoms with Gasteiger partial charge < -0.3 is 10.0 Å². The number of aliphatic carboxylic acids is 1. The van der Waals surface area contributed by atoms with Gasteiger partial charge in [-0.1, -0.05) is 13.8 Å². The highest BCUT2D eigenvalue weighted by molar-refractivity contribution is 5.78. The largest absolute Gasteiger partial charge is 0.480 e. The molecule has 3 heterocycles. The molecule has 0 amide bonds. The molecule has 0 radical (unpaired) electrons. The second-order valence-electron chi connectivity index (χ2n) is 5.48. The highest BCUT2D eigenvalue weighted by atomic mass is 16.4. The molecule has 4 heteroatoms. The lowest BCUT2D eigenvalue weighted by Crippen LogP contribution is -2.64. The molecule has 3 aliphatic heterocycles. The maximum Gasteiger partial charge on any atom is 0.323 e. The molecule has 1 atom stereocenters. The van der Waals surface area contributed by atoms with Crippen LogP contribution in [0.3, 0.4) is 0 Å². The van der Waals surface area contributed by atoms with E-state index in [4.69, 9.17) is 0 Å². The first kappa shape index (κ1) is 12.8. The Morgan fingerprint density at radius 2 is 1.94 bits per heavy atom. The van der Waals surface area contributed by atoms with Gasteiger partial charge in [0.05, 0.1) is 0 Å². The maximum absolute atomic E-state index is 11.5. The van der Waals surface area contributed by atoms with Gasteiger partial charge in [0, 0.05) is 12.6 Å². The van der Waals surface area contributed by atoms with Crippen LogP contribution < -0.4 is 5.32 Å². The fraction of sp³-hybridized carbons (Fsp3) is 0.923. The van der Waals surface area contributed by atoms with Crippen molar-refractivity contribution in [2.75, 3.05) is 19.6 Å². The molecule has 0 saturated carbocycles. The zero-order valence-electron chi connectivity index (χ0n) is 10.9. The monoisotopic (exact) mass is 240 g/mol. The predicted molar refractivity (Wildman–Crippen MR) is 67.0 cm³/mol. The van der Waals surface area contributed by atoms with Crippen LogP contribution in [0.2, 0.25) is 0 Å². The van der Waals surface area contributed by atoms with E-state index in [-0.39, 0.29) is 0 Å². The van der Waals surface area contributed by atoms with E-state index in [0.717, 1.165) is 6.54 Å². The highest BCUT2D eigenvalue weighted by Crippen LogP contribution is 2.30. The molecule has 3 saturated heterocycles. The van der Waals surface area contributed by atoms with Crippen molar-refractivity contribution in [1.82, 2.24) is 10.2 Å². The van der Waals surface area contributed by atoms with Crippen molar-refractivity contribution in [2.24, 2.45) is 5.92 Å². The van der Waals surface area contributed by atoms with Crippen molar-refractivity contribution < 1.29 is 9.90 Å². The minimum atomic E-state index is -0.719. The summed E-state index contributed by atoms with van der Waals surface area (Å²) in [7, 11) is 0. The van der Waals surface area contributed by atoms with E-state index in [9.17, 15) is 9.90 Å². The SMILES string of the molecule is CCC(CC)(NC1CN2CCC1CC2)C(=O)O. The van der Waals surface area contributed by atoms with Gasteiger partial charge in [0.15, 0.2) is 0 Å². The Bertz CT molecular complexity index is 281. The van der Waals surface area contributed by atoms with Crippen LogP contribution in [0.25, 0.3) is 0 Å². The molecule has 4 nitrogen and oxygen atoms in total. The Balaban J connectivity index is 2.05. The summed E-state index contributed by atoms with van der Waals surface area (Å²) in [4.78, 5) is 13.9. The number of piperidine rings is 3. The van der Waals surface area contributed by atoms with E-state index in [2.05, 4.69) is 10.2 Å². The quantitative estimate of drug-likeness (QED) is 0.761. The van der Waals surface area contributed by atoms with Crippen molar-refractivity contribution in [2.45, 2.75) is 51.1 Å². The molecule has 3 aliphatic rings. The lowest BCUT2D eigenvalue weighted by Gasteiger charge is -2.48. The van der Waals surface area contributed by atoms with E-state index >= 15 is 0 Å². The lowest BCUT2D eigenvalue weighted by atomic mass is 9.81. The molecule has 0 spiro atoms. The van der Waals surface area contributed by atoms with Crippen LogP contribution >= 0.6 is 0 Å². The minimum Gasteiger partial charge on any atom is -0.480 e. The van der Waals surface area contributed by atoms with Gasteiger partial charge in [0.25, 0.3) is 0 Å². The van der Waals surface area contributed by atoms with Crippen LogP contribution in [0.1, 0.15) is 39.5 Å². The first-order valence-electron chi connectivity index (χ1n) is 6.84. The standard InChI is InChI=1S/C13H24N2O2/c1-3-13(4-2,12(16)17)14-11-9-15-7-5-10(11)6-8-15/h10-11,14H,3-9H2,1-2H3,(H,16,17). The first-order chi connectivity index (χ1) is 8.11. The summed E-state index contributed by atoms with van der Waals surface area (Å²) >= 11 is 0. The molecule has 2 bridgehead atoms. The van der Waals surface area contributed by atoms with E-state index in [1.807, 2.05) is 13.8 Å². The topological polar surface area (TPSA) is 52.6 Å². The molecule has 17 heavy (non-hydrogen) atoms. The fourth-order valence-corrected chi connectivity index (χ4v) is 3.30. The predicted octanol–water partition coefficient (Wildman–Crippen LogP) is 1.31. The number of hydrogen-bond donors (Lipinski definition) is 2. The molecule has 0 aromatic carbocycles. The molecule has 98 valence electrons. The van der Waals surface area contributed by atoms with Gasteiger partial charge in [0.2, 0.25) is 0 Å². The molecule has 3 fully saturated rings. The average molecular weight is 240 g/mol. The number of carbonyl (C=O) groups is 1. The zero-order valence-corrected chi connectivity index (χ0v) is 10.9. The van der Waals surface area contributed by atoms with Crippen LogP contribution in [0.4, 0.5) is 0 Å². The third kappa shape index (κ3) is 2.33. The molecule has 0 aromatic rings. The second-order valence-corrected chi connectivity index (χ2v) is 5.48. The minimum absolute atomic E-state index is 0.369. The Kier molecular flexibility index (Phi) is 3.73. The Labute approximate surface area is 103 Å². The number of carboxylic acids is 1. The number of nitrogens with one attached hydrogen (secondary N) is 1. The Morgan fingerprint density at radius 3 is 2.29 bits per heavy atom. The summed E-state index contributed by atoms with van der Waals surface area (Å²) < 4.78 is 0. The molecular formula is C13H24N2O2. The zero-order chi connectivity index (χ0) is 12.5. The van der Waals surface area contributed by atoms with E-state index in [0.29, 0.717) is 24.8 Å². The second kappa shape index (κ2) is 4.94. The van der Waals surface area contributed by atoms with Gasteiger partial charge in [-0.25, -0.2) is 0 Å². The van der Waals surface area contributed by atoms with E-state index in [1.54, 1.807) is 0 Å². The van der Waals surface area contributed by atoms with Gasteiger partial charge in [-0.15, -0.1) is 0 Å². The Morgan fingerprint density at radius 1 is 1.35 bits per heavy atom. The summed E-state index contributed by atoms with van der Waals surface area (Å²) in [6.45, 7) is 7.35. The third-order valence-corrected chi connectivity index (χ3v) is 4.73. The summed E-state index contributed by atoms with van der Waals surface area (Å²) in [5.74, 6) is -0.0178. The van der Waals surface area contributed by atoms with E-state index in [1.165, 1.54) is 25.9 Å². The lowest BCUT2D eigenvalue weighted by molar-refractivity contribution is -0.146. The Hall–Kier alpha value is -0.610. The van der Waals surface area contributed by atoms with Crippen LogP contribution in [0.5, 0.6) is 0 Å². The number of fused-ring (bicyclic) bond motifs is 3. The van der Waals surface area contributed by atoms with Crippen molar-refractivity contribution in [3.05, 3.63) is 0 Å². The van der Waals surface area contributed by atoms with Crippen LogP contribution in [-0.4, -0.2) is 47.2 Å². The smallest absolute Gasteiger partial charge is 0.323 e.